The Kier molecular flexibility index (Phi) is 8.62. The molecule has 2 N–H and O–H groups in total. The van der Waals surface area contributed by atoms with Crippen molar-refractivity contribution in [2.45, 2.75) is 45.2 Å². The number of rotatable bonds is 8. The topological polar surface area (TPSA) is 87.7 Å². The van der Waals surface area contributed by atoms with Crippen LogP contribution < -0.4 is 15.4 Å². The molecule has 34 heavy (non-hydrogen) atoms. The van der Waals surface area contributed by atoms with Gasteiger partial charge in [0.05, 0.1) is 7.11 Å². The van der Waals surface area contributed by atoms with Crippen LogP contribution in [0.15, 0.2) is 48.5 Å². The van der Waals surface area contributed by atoms with E-state index >= 15 is 0 Å². The van der Waals surface area contributed by atoms with Crippen LogP contribution in [-0.4, -0.2) is 54.9 Å². The monoisotopic (exact) mass is 469 g/mol. The Bertz CT molecular complexity index is 1000. The van der Waals surface area contributed by atoms with Crippen molar-refractivity contribution in [1.82, 2.24) is 15.5 Å². The first kappa shape index (κ1) is 25.2. The second kappa shape index (κ2) is 11.6. The van der Waals surface area contributed by atoms with E-state index in [1.54, 1.807) is 42.3 Å². The van der Waals surface area contributed by atoms with Gasteiger partial charge in [0, 0.05) is 30.3 Å². The molecule has 0 radical (unpaired) electrons. The Morgan fingerprint density at radius 1 is 1.06 bits per heavy atom. The fourth-order valence-electron chi connectivity index (χ4n) is 4.04. The number of carbonyl (C=O) groups is 3. The normalized spacial score (nSPS) is 15.8. The SMILES string of the molecule is CCC(C)NC(=O)C(NC(=O)c1ccc(OC)cc1)C1CCN(C(=O)c2cccc(F)c2)CC1. The minimum Gasteiger partial charge on any atom is -0.497 e. The lowest BCUT2D eigenvalue weighted by atomic mass is 9.88. The van der Waals surface area contributed by atoms with Gasteiger partial charge in [-0.05, 0) is 74.6 Å². The number of benzene rings is 2. The summed E-state index contributed by atoms with van der Waals surface area (Å²) in [6, 6.07) is 11.6. The smallest absolute Gasteiger partial charge is 0.253 e. The highest BCUT2D eigenvalue weighted by Crippen LogP contribution is 2.23. The number of nitrogens with one attached hydrogen (secondary N) is 2. The summed E-state index contributed by atoms with van der Waals surface area (Å²) >= 11 is 0. The lowest BCUT2D eigenvalue weighted by Gasteiger charge is -2.36. The average molecular weight is 470 g/mol. The number of carbonyl (C=O) groups excluding carboxylic acids is 3. The van der Waals surface area contributed by atoms with Crippen LogP contribution in [0.5, 0.6) is 5.75 Å². The van der Waals surface area contributed by atoms with Crippen LogP contribution in [0, 0.1) is 11.7 Å². The van der Waals surface area contributed by atoms with Gasteiger partial charge in [0.2, 0.25) is 5.91 Å². The molecular weight excluding hydrogens is 437 g/mol. The van der Waals surface area contributed by atoms with E-state index in [1.807, 2.05) is 13.8 Å². The van der Waals surface area contributed by atoms with E-state index in [-0.39, 0.29) is 29.7 Å². The van der Waals surface area contributed by atoms with E-state index in [0.717, 1.165) is 6.42 Å². The highest BCUT2D eigenvalue weighted by Gasteiger charge is 2.34. The molecule has 3 amide bonds. The quantitative estimate of drug-likeness (QED) is 0.620. The third-order valence-corrected chi connectivity index (χ3v) is 6.29. The van der Waals surface area contributed by atoms with Crippen molar-refractivity contribution in [2.24, 2.45) is 5.92 Å². The number of hydrogen-bond donors (Lipinski definition) is 2. The fraction of sp³-hybridized carbons (Fsp3) is 0.423. The van der Waals surface area contributed by atoms with E-state index in [4.69, 9.17) is 4.74 Å². The van der Waals surface area contributed by atoms with Crippen LogP contribution in [-0.2, 0) is 4.79 Å². The van der Waals surface area contributed by atoms with Gasteiger partial charge in [0.25, 0.3) is 11.8 Å². The number of likely N-dealkylation sites (tertiary alicyclic amines) is 1. The first-order chi connectivity index (χ1) is 16.3. The summed E-state index contributed by atoms with van der Waals surface area (Å²) in [5, 5.41) is 5.88. The number of methoxy groups -OCH3 is 1. The minimum absolute atomic E-state index is 0.0254. The van der Waals surface area contributed by atoms with E-state index in [1.165, 1.54) is 18.2 Å². The van der Waals surface area contributed by atoms with Gasteiger partial charge in [0.15, 0.2) is 0 Å². The maximum atomic E-state index is 13.5. The summed E-state index contributed by atoms with van der Waals surface area (Å²) < 4.78 is 18.7. The van der Waals surface area contributed by atoms with Gasteiger partial charge in [0.1, 0.15) is 17.6 Å². The molecule has 0 saturated carbocycles. The number of ether oxygens (including phenoxy) is 1. The molecule has 2 atom stereocenters. The van der Waals surface area contributed by atoms with Crippen molar-refractivity contribution < 1.29 is 23.5 Å². The van der Waals surface area contributed by atoms with Crippen LogP contribution in [0.2, 0.25) is 0 Å². The van der Waals surface area contributed by atoms with Crippen LogP contribution in [0.4, 0.5) is 4.39 Å². The molecule has 0 spiro atoms. The van der Waals surface area contributed by atoms with Crippen LogP contribution >= 0.6 is 0 Å². The van der Waals surface area contributed by atoms with Gasteiger partial charge >= 0.3 is 0 Å². The van der Waals surface area contributed by atoms with E-state index in [2.05, 4.69) is 10.6 Å². The first-order valence-corrected chi connectivity index (χ1v) is 11.6. The number of hydrogen-bond acceptors (Lipinski definition) is 4. The van der Waals surface area contributed by atoms with Crippen molar-refractivity contribution in [1.29, 1.82) is 0 Å². The van der Waals surface area contributed by atoms with Crippen molar-refractivity contribution in [2.75, 3.05) is 20.2 Å². The molecule has 1 aliphatic rings. The molecule has 8 heteroatoms. The minimum atomic E-state index is -0.727. The van der Waals surface area contributed by atoms with Crippen LogP contribution in [0.3, 0.4) is 0 Å². The largest absolute Gasteiger partial charge is 0.497 e. The summed E-state index contributed by atoms with van der Waals surface area (Å²) in [5.74, 6) is -0.762. The number of piperidine rings is 1. The maximum absolute atomic E-state index is 13.5. The van der Waals surface area contributed by atoms with E-state index in [9.17, 15) is 18.8 Å². The molecular formula is C26H32FN3O4. The van der Waals surface area contributed by atoms with Gasteiger partial charge in [-0.25, -0.2) is 4.39 Å². The molecule has 1 fully saturated rings. The molecule has 1 aliphatic heterocycles. The lowest BCUT2D eigenvalue weighted by molar-refractivity contribution is -0.125. The molecule has 0 aliphatic carbocycles. The molecule has 1 heterocycles. The van der Waals surface area contributed by atoms with Crippen molar-refractivity contribution >= 4 is 17.7 Å². The molecule has 2 unspecified atom stereocenters. The zero-order chi connectivity index (χ0) is 24.7. The summed E-state index contributed by atoms with van der Waals surface area (Å²) in [6.07, 6.45) is 1.86. The number of amides is 3. The Balaban J connectivity index is 1.70. The Labute approximate surface area is 199 Å². The standard InChI is InChI=1S/C26H32FN3O4/c1-4-17(2)28-25(32)23(29-24(31)19-8-10-22(34-3)11-9-19)18-12-14-30(15-13-18)26(33)20-6-5-7-21(27)16-20/h5-11,16-18,23H,4,12-15H2,1-3H3,(H,28,32)(H,29,31). The van der Waals surface area contributed by atoms with Gasteiger partial charge in [-0.15, -0.1) is 0 Å². The second-order valence-corrected chi connectivity index (χ2v) is 8.64. The van der Waals surface area contributed by atoms with Crippen molar-refractivity contribution in [3.05, 3.63) is 65.5 Å². The molecule has 2 aromatic carbocycles. The van der Waals surface area contributed by atoms with Gasteiger partial charge in [-0.3, -0.25) is 14.4 Å². The van der Waals surface area contributed by atoms with E-state index < -0.39 is 11.9 Å². The predicted octanol–water partition coefficient (Wildman–Crippen LogP) is 3.40. The molecule has 182 valence electrons. The van der Waals surface area contributed by atoms with Gasteiger partial charge in [-0.1, -0.05) is 13.0 Å². The molecule has 2 aromatic rings. The zero-order valence-corrected chi connectivity index (χ0v) is 19.8. The zero-order valence-electron chi connectivity index (χ0n) is 19.8. The lowest BCUT2D eigenvalue weighted by Crippen LogP contribution is -2.55. The summed E-state index contributed by atoms with van der Waals surface area (Å²) in [7, 11) is 1.55. The highest BCUT2D eigenvalue weighted by molar-refractivity contribution is 5.98. The van der Waals surface area contributed by atoms with Crippen molar-refractivity contribution in [3.8, 4) is 5.75 Å². The second-order valence-electron chi connectivity index (χ2n) is 8.64. The van der Waals surface area contributed by atoms with Crippen molar-refractivity contribution in [3.63, 3.8) is 0 Å². The third kappa shape index (κ3) is 6.34. The summed E-state index contributed by atoms with van der Waals surface area (Å²) in [6.45, 7) is 4.74. The molecule has 0 bridgehead atoms. The van der Waals surface area contributed by atoms with Crippen LogP contribution in [0.25, 0.3) is 0 Å². The summed E-state index contributed by atoms with van der Waals surface area (Å²) in [5.41, 5.74) is 0.734. The Hall–Kier alpha value is -3.42. The highest BCUT2D eigenvalue weighted by atomic mass is 19.1. The molecule has 3 rings (SSSR count). The predicted molar refractivity (Wildman–Crippen MR) is 127 cm³/mol. The Morgan fingerprint density at radius 3 is 2.32 bits per heavy atom. The summed E-state index contributed by atoms with van der Waals surface area (Å²) in [4.78, 5) is 40.4. The van der Waals surface area contributed by atoms with Gasteiger partial charge in [-0.2, -0.15) is 0 Å². The van der Waals surface area contributed by atoms with E-state index in [0.29, 0.717) is 42.8 Å². The third-order valence-electron chi connectivity index (χ3n) is 6.29. The number of nitrogens with zero attached hydrogens (tertiary/aromatic N) is 1. The first-order valence-electron chi connectivity index (χ1n) is 11.6. The number of halogens is 1. The molecule has 7 nitrogen and oxygen atoms in total. The average Bonchev–Trinajstić information content (AvgIpc) is 2.86. The molecule has 1 saturated heterocycles. The Morgan fingerprint density at radius 2 is 1.74 bits per heavy atom. The van der Waals surface area contributed by atoms with Crippen LogP contribution in [0.1, 0.15) is 53.8 Å². The maximum Gasteiger partial charge on any atom is 0.253 e. The van der Waals surface area contributed by atoms with Gasteiger partial charge < -0.3 is 20.3 Å². The molecule has 0 aromatic heterocycles. The fourth-order valence-corrected chi connectivity index (χ4v) is 4.04.